The molecule has 1 aromatic rings. The Balaban J connectivity index is 1.96. The summed E-state index contributed by atoms with van der Waals surface area (Å²) in [6.45, 7) is 1.73. The topological polar surface area (TPSA) is 67.2 Å². The average molecular weight is 265 g/mol. The van der Waals surface area contributed by atoms with Crippen molar-refractivity contribution in [3.63, 3.8) is 0 Å². The number of nitrogens with two attached hydrogens (primary N) is 1. The summed E-state index contributed by atoms with van der Waals surface area (Å²) in [5.41, 5.74) is 6.96. The van der Waals surface area contributed by atoms with Crippen molar-refractivity contribution < 1.29 is 9.18 Å². The highest BCUT2D eigenvalue weighted by atomic mass is 19.1. The van der Waals surface area contributed by atoms with Crippen LogP contribution in [0.4, 0.5) is 20.6 Å². The number of hydrogen-bond donors (Lipinski definition) is 3. The summed E-state index contributed by atoms with van der Waals surface area (Å²) >= 11 is 0. The van der Waals surface area contributed by atoms with Crippen LogP contribution in [0.5, 0.6) is 0 Å². The number of nitrogen functional groups attached to an aromatic ring is 1. The molecule has 2 amide bonds. The van der Waals surface area contributed by atoms with Gasteiger partial charge in [-0.15, -0.1) is 0 Å². The molecule has 4 N–H and O–H groups in total. The fourth-order valence-electron chi connectivity index (χ4n) is 2.38. The van der Waals surface area contributed by atoms with Crippen LogP contribution >= 0.6 is 0 Å². The van der Waals surface area contributed by atoms with Gasteiger partial charge in [0, 0.05) is 11.7 Å². The Morgan fingerprint density at radius 3 is 2.68 bits per heavy atom. The third-order valence-corrected chi connectivity index (χ3v) is 3.54. The van der Waals surface area contributed by atoms with Gasteiger partial charge in [-0.2, -0.15) is 0 Å². The molecule has 1 aliphatic rings. The van der Waals surface area contributed by atoms with Gasteiger partial charge in [0.25, 0.3) is 0 Å². The largest absolute Gasteiger partial charge is 0.398 e. The maximum absolute atomic E-state index is 13.7. The minimum Gasteiger partial charge on any atom is -0.398 e. The normalized spacial score (nSPS) is 16.1. The molecule has 104 valence electrons. The molecule has 2 rings (SSSR count). The van der Waals surface area contributed by atoms with E-state index in [0.717, 1.165) is 25.7 Å². The molecule has 19 heavy (non-hydrogen) atoms. The molecule has 4 nitrogen and oxygen atoms in total. The molecular weight excluding hydrogens is 245 g/mol. The lowest BCUT2D eigenvalue weighted by Gasteiger charge is -2.23. The van der Waals surface area contributed by atoms with E-state index in [1.807, 2.05) is 0 Å². The van der Waals surface area contributed by atoms with Gasteiger partial charge >= 0.3 is 6.03 Å². The molecule has 0 aliphatic heterocycles. The number of carbonyl (C=O) groups excluding carboxylic acids is 1. The minimum absolute atomic E-state index is 0.122. The number of urea groups is 1. The summed E-state index contributed by atoms with van der Waals surface area (Å²) < 4.78 is 13.7. The van der Waals surface area contributed by atoms with Gasteiger partial charge in [-0.05, 0) is 37.5 Å². The summed E-state index contributed by atoms with van der Waals surface area (Å²) in [5.74, 6) is -0.467. The second-order valence-electron chi connectivity index (χ2n) is 5.12. The quantitative estimate of drug-likeness (QED) is 0.719. The van der Waals surface area contributed by atoms with Crippen LogP contribution < -0.4 is 16.4 Å². The lowest BCUT2D eigenvalue weighted by molar-refractivity contribution is 0.244. The molecule has 1 fully saturated rings. The zero-order valence-electron chi connectivity index (χ0n) is 11.1. The molecule has 0 heterocycles. The maximum atomic E-state index is 13.7. The van der Waals surface area contributed by atoms with E-state index in [9.17, 15) is 9.18 Å². The Bertz CT molecular complexity index is 470. The van der Waals surface area contributed by atoms with Crippen molar-refractivity contribution in [3.8, 4) is 0 Å². The molecule has 0 unspecified atom stereocenters. The van der Waals surface area contributed by atoms with E-state index in [2.05, 4.69) is 10.6 Å². The summed E-state index contributed by atoms with van der Waals surface area (Å²) in [6, 6.07) is 2.60. The first kappa shape index (κ1) is 13.6. The third-order valence-electron chi connectivity index (χ3n) is 3.54. The monoisotopic (exact) mass is 265 g/mol. The second-order valence-corrected chi connectivity index (χ2v) is 5.12. The van der Waals surface area contributed by atoms with E-state index >= 15 is 0 Å². The highest BCUT2D eigenvalue weighted by Gasteiger charge is 2.16. The average Bonchev–Trinajstić information content (AvgIpc) is 2.37. The summed E-state index contributed by atoms with van der Waals surface area (Å²) in [4.78, 5) is 11.8. The highest BCUT2D eigenvalue weighted by Crippen LogP contribution is 2.22. The van der Waals surface area contributed by atoms with Crippen LogP contribution in [0.2, 0.25) is 0 Å². The smallest absolute Gasteiger partial charge is 0.319 e. The fourth-order valence-corrected chi connectivity index (χ4v) is 2.38. The predicted molar refractivity (Wildman–Crippen MR) is 74.6 cm³/mol. The lowest BCUT2D eigenvalue weighted by Crippen LogP contribution is -2.39. The maximum Gasteiger partial charge on any atom is 0.319 e. The molecule has 0 bridgehead atoms. The summed E-state index contributed by atoms with van der Waals surface area (Å²) in [6.07, 6.45) is 5.48. The number of carbonyl (C=O) groups is 1. The molecule has 0 atom stereocenters. The number of rotatable bonds is 2. The van der Waals surface area contributed by atoms with E-state index in [0.29, 0.717) is 11.3 Å². The number of aryl methyl sites for hydroxylation is 1. The summed E-state index contributed by atoms with van der Waals surface area (Å²) in [5, 5.41) is 5.39. The molecule has 5 heteroatoms. The first-order valence-corrected chi connectivity index (χ1v) is 6.69. The molecule has 0 saturated heterocycles. The molecule has 1 saturated carbocycles. The number of nitrogens with one attached hydrogen (secondary N) is 2. The van der Waals surface area contributed by atoms with E-state index in [4.69, 9.17) is 5.73 Å². The van der Waals surface area contributed by atoms with Crippen molar-refractivity contribution in [1.82, 2.24) is 5.32 Å². The Morgan fingerprint density at radius 2 is 2.00 bits per heavy atom. The molecule has 1 aromatic carbocycles. The minimum atomic E-state index is -0.467. The van der Waals surface area contributed by atoms with Crippen LogP contribution in [0, 0.1) is 12.7 Å². The first-order chi connectivity index (χ1) is 9.06. The highest BCUT2D eigenvalue weighted by molar-refractivity contribution is 5.90. The fraction of sp³-hybridized carbons (Fsp3) is 0.500. The van der Waals surface area contributed by atoms with Crippen molar-refractivity contribution in [2.75, 3.05) is 11.1 Å². The van der Waals surface area contributed by atoms with E-state index in [1.54, 1.807) is 6.92 Å². The van der Waals surface area contributed by atoms with Crippen LogP contribution in [0.15, 0.2) is 12.1 Å². The zero-order chi connectivity index (χ0) is 13.8. The van der Waals surface area contributed by atoms with Crippen LogP contribution in [-0.2, 0) is 0 Å². The Kier molecular flexibility index (Phi) is 4.24. The number of amides is 2. The van der Waals surface area contributed by atoms with Crippen molar-refractivity contribution >= 4 is 17.4 Å². The van der Waals surface area contributed by atoms with Gasteiger partial charge in [0.2, 0.25) is 0 Å². The van der Waals surface area contributed by atoms with Crippen molar-refractivity contribution in [2.24, 2.45) is 0 Å². The second kappa shape index (κ2) is 5.91. The SMILES string of the molecule is Cc1cc(F)c(NC(=O)NC2CCCCC2)cc1N. The number of anilines is 2. The molecule has 1 aliphatic carbocycles. The molecule has 0 spiro atoms. The van der Waals surface area contributed by atoms with Gasteiger partial charge in [0.1, 0.15) is 5.82 Å². The van der Waals surface area contributed by atoms with E-state index in [-0.39, 0.29) is 17.8 Å². The van der Waals surface area contributed by atoms with Gasteiger partial charge in [-0.25, -0.2) is 9.18 Å². The van der Waals surface area contributed by atoms with Crippen LogP contribution in [0.1, 0.15) is 37.7 Å². The first-order valence-electron chi connectivity index (χ1n) is 6.69. The van der Waals surface area contributed by atoms with Crippen molar-refractivity contribution in [3.05, 3.63) is 23.5 Å². The van der Waals surface area contributed by atoms with E-state index in [1.165, 1.54) is 18.6 Å². The van der Waals surface area contributed by atoms with E-state index < -0.39 is 5.82 Å². The summed E-state index contributed by atoms with van der Waals surface area (Å²) in [7, 11) is 0. The Hall–Kier alpha value is -1.78. The predicted octanol–water partition coefficient (Wildman–Crippen LogP) is 3.17. The van der Waals surface area contributed by atoms with Gasteiger partial charge in [0.15, 0.2) is 0 Å². The van der Waals surface area contributed by atoms with Gasteiger partial charge in [-0.3, -0.25) is 0 Å². The molecule has 0 aromatic heterocycles. The zero-order valence-corrected chi connectivity index (χ0v) is 11.1. The number of benzene rings is 1. The molecule has 0 radical (unpaired) electrons. The van der Waals surface area contributed by atoms with Gasteiger partial charge in [-0.1, -0.05) is 19.3 Å². The van der Waals surface area contributed by atoms with Crippen molar-refractivity contribution in [1.29, 1.82) is 0 Å². The molecular formula is C14H20FN3O. The number of halogens is 1. The standard InChI is InChI=1S/C14H20FN3O/c1-9-7-11(15)13(8-12(9)16)18-14(19)17-10-5-3-2-4-6-10/h7-8,10H,2-6,16H2,1H3,(H2,17,18,19). The Morgan fingerprint density at radius 1 is 1.32 bits per heavy atom. The van der Waals surface area contributed by atoms with Crippen molar-refractivity contribution in [2.45, 2.75) is 45.1 Å². The number of hydrogen-bond acceptors (Lipinski definition) is 2. The van der Waals surface area contributed by atoms with Gasteiger partial charge in [0.05, 0.1) is 5.69 Å². The van der Waals surface area contributed by atoms with Crippen LogP contribution in [-0.4, -0.2) is 12.1 Å². The van der Waals surface area contributed by atoms with Gasteiger partial charge < -0.3 is 16.4 Å². The third kappa shape index (κ3) is 3.59. The Labute approximate surface area is 112 Å². The lowest BCUT2D eigenvalue weighted by atomic mass is 9.96. The van der Waals surface area contributed by atoms with Crippen LogP contribution in [0.25, 0.3) is 0 Å². The van der Waals surface area contributed by atoms with Crippen LogP contribution in [0.3, 0.4) is 0 Å².